The Labute approximate surface area is 272 Å². The minimum atomic E-state index is -3.67. The summed E-state index contributed by atoms with van der Waals surface area (Å²) in [5.41, 5.74) is 7.86. The standard InChI is InChI=1S/C36H34FN3O4S2/c1-21-9-10-24-8-7-17-39-36(24)45-35(21)25-13-16-31(43-5)28(18-25)27-19-29-32(20-30(27)40(4)46(6,41)42)44-34(33(29)22(2)38-3)23-11-14-26(37)15-12-23/h7-8,11-20H,9-10H2,1-6H3. The van der Waals surface area contributed by atoms with Crippen molar-refractivity contribution in [3.8, 4) is 28.2 Å². The maximum absolute atomic E-state index is 13.8. The van der Waals surface area contributed by atoms with E-state index in [1.807, 2.05) is 37.4 Å². The molecule has 2 aromatic heterocycles. The van der Waals surface area contributed by atoms with Gasteiger partial charge in [-0.25, -0.2) is 17.8 Å². The molecule has 0 bridgehead atoms. The molecule has 0 saturated heterocycles. The molecule has 0 saturated carbocycles. The Hall–Kier alpha value is -4.41. The molecule has 3 heterocycles. The lowest BCUT2D eigenvalue weighted by atomic mass is 9.95. The van der Waals surface area contributed by atoms with Crippen LogP contribution in [0.15, 0.2) is 92.9 Å². The normalized spacial score (nSPS) is 13.9. The fourth-order valence-corrected chi connectivity index (χ4v) is 7.39. The lowest BCUT2D eigenvalue weighted by Gasteiger charge is -2.22. The first-order chi connectivity index (χ1) is 22.0. The monoisotopic (exact) mass is 655 g/mol. The third-order valence-electron chi connectivity index (χ3n) is 8.40. The summed E-state index contributed by atoms with van der Waals surface area (Å²) >= 11 is 1.65. The number of sulfonamides is 1. The minimum Gasteiger partial charge on any atom is -0.496 e. The van der Waals surface area contributed by atoms with Crippen molar-refractivity contribution in [3.63, 3.8) is 0 Å². The van der Waals surface area contributed by atoms with E-state index >= 15 is 0 Å². The van der Waals surface area contributed by atoms with Gasteiger partial charge >= 0.3 is 0 Å². The molecular formula is C36H34FN3O4S2. The van der Waals surface area contributed by atoms with Gasteiger partial charge in [0.05, 0.1) is 19.1 Å². The van der Waals surface area contributed by atoms with Gasteiger partial charge in [-0.1, -0.05) is 29.5 Å². The number of hydrogen-bond acceptors (Lipinski definition) is 7. The molecule has 0 unspecified atom stereocenters. The number of allylic oxidation sites excluding steroid dienone is 1. The third kappa shape index (κ3) is 5.83. The molecule has 1 aliphatic heterocycles. The van der Waals surface area contributed by atoms with Gasteiger partial charge in [-0.2, -0.15) is 0 Å². The average Bonchev–Trinajstić information content (AvgIpc) is 3.34. The van der Waals surface area contributed by atoms with Gasteiger partial charge in [0.1, 0.15) is 27.9 Å². The lowest BCUT2D eigenvalue weighted by molar-refractivity contribution is 0.416. The van der Waals surface area contributed by atoms with Crippen LogP contribution in [0.1, 0.15) is 37.0 Å². The summed E-state index contributed by atoms with van der Waals surface area (Å²) in [6.07, 6.45) is 4.79. The Morgan fingerprint density at radius 2 is 1.78 bits per heavy atom. The number of methoxy groups -OCH3 is 1. The molecule has 6 rings (SSSR count). The van der Waals surface area contributed by atoms with Gasteiger partial charge in [0.2, 0.25) is 10.0 Å². The Morgan fingerprint density at radius 3 is 2.48 bits per heavy atom. The predicted octanol–water partition coefficient (Wildman–Crippen LogP) is 8.61. The molecule has 10 heteroatoms. The van der Waals surface area contributed by atoms with Gasteiger partial charge < -0.3 is 9.15 Å². The summed E-state index contributed by atoms with van der Waals surface area (Å²) in [4.78, 5) is 10.2. The van der Waals surface area contributed by atoms with Gasteiger partial charge in [-0.3, -0.25) is 9.30 Å². The fraction of sp³-hybridized carbons (Fsp3) is 0.222. The van der Waals surface area contributed by atoms with Gasteiger partial charge in [0.25, 0.3) is 0 Å². The van der Waals surface area contributed by atoms with Crippen molar-refractivity contribution in [2.75, 3.05) is 31.8 Å². The third-order valence-corrected chi connectivity index (χ3v) is 10.9. The average molecular weight is 656 g/mol. The number of thioether (sulfide) groups is 1. The van der Waals surface area contributed by atoms with Gasteiger partial charge in [-0.15, -0.1) is 0 Å². The van der Waals surface area contributed by atoms with Crippen LogP contribution in [-0.4, -0.2) is 46.6 Å². The first kappa shape index (κ1) is 31.6. The highest BCUT2D eigenvalue weighted by Gasteiger charge is 2.26. The number of aromatic nitrogens is 1. The van der Waals surface area contributed by atoms with E-state index < -0.39 is 10.0 Å². The van der Waals surface area contributed by atoms with Crippen molar-refractivity contribution in [2.45, 2.75) is 31.7 Å². The van der Waals surface area contributed by atoms with Crippen LogP contribution in [0.4, 0.5) is 10.1 Å². The topological polar surface area (TPSA) is 85.0 Å². The van der Waals surface area contributed by atoms with E-state index in [-0.39, 0.29) is 5.82 Å². The maximum Gasteiger partial charge on any atom is 0.232 e. The number of benzene rings is 3. The molecule has 0 aliphatic carbocycles. The van der Waals surface area contributed by atoms with Crippen molar-refractivity contribution in [1.82, 2.24) is 4.98 Å². The summed E-state index contributed by atoms with van der Waals surface area (Å²) in [6, 6.07) is 19.9. The number of pyridine rings is 1. The smallest absolute Gasteiger partial charge is 0.232 e. The lowest BCUT2D eigenvalue weighted by Crippen LogP contribution is -2.25. The molecule has 0 amide bonds. The van der Waals surface area contributed by atoms with Gasteiger partial charge in [0.15, 0.2) is 0 Å². The number of rotatable bonds is 7. The second kappa shape index (κ2) is 12.4. The van der Waals surface area contributed by atoms with Crippen molar-refractivity contribution in [3.05, 3.63) is 101 Å². The van der Waals surface area contributed by atoms with Crippen molar-refractivity contribution < 1.29 is 22.0 Å². The number of ether oxygens (including phenoxy) is 1. The largest absolute Gasteiger partial charge is 0.496 e. The number of nitrogens with zero attached hydrogens (tertiary/aromatic N) is 3. The SMILES string of the molecule is CN=C(C)c1c(-c2ccc(F)cc2)oc2cc(N(C)S(C)(=O)=O)c(-c3cc(C4=C(C)CCc5cccnc5S4)ccc3OC)cc12. The molecule has 0 radical (unpaired) electrons. The Morgan fingerprint density at radius 1 is 1.04 bits per heavy atom. The second-order valence-electron chi connectivity index (χ2n) is 11.3. The maximum atomic E-state index is 13.8. The highest BCUT2D eigenvalue weighted by molar-refractivity contribution is 8.08. The quantitative estimate of drug-likeness (QED) is 0.163. The second-order valence-corrected chi connectivity index (χ2v) is 14.3. The molecule has 7 nitrogen and oxygen atoms in total. The van der Waals surface area contributed by atoms with E-state index in [2.05, 4.69) is 29.0 Å². The van der Waals surface area contributed by atoms with E-state index in [4.69, 9.17) is 9.15 Å². The zero-order valence-electron chi connectivity index (χ0n) is 26.5. The van der Waals surface area contributed by atoms with E-state index in [0.717, 1.165) is 50.6 Å². The zero-order chi connectivity index (χ0) is 32.7. The van der Waals surface area contributed by atoms with E-state index in [1.54, 1.807) is 44.1 Å². The highest BCUT2D eigenvalue weighted by Crippen LogP contribution is 2.47. The Kier molecular flexibility index (Phi) is 8.52. The molecule has 0 fully saturated rings. The number of halogens is 1. The van der Waals surface area contributed by atoms with E-state index in [1.165, 1.54) is 40.9 Å². The van der Waals surface area contributed by atoms with Gasteiger partial charge in [-0.05, 0) is 86.3 Å². The number of aliphatic imine (C=N–C) groups is 1. The Bertz CT molecular complexity index is 2150. The number of anilines is 1. The molecule has 1 aliphatic rings. The summed E-state index contributed by atoms with van der Waals surface area (Å²) < 4.78 is 53.4. The minimum absolute atomic E-state index is 0.356. The van der Waals surface area contributed by atoms with Crippen molar-refractivity contribution in [1.29, 1.82) is 0 Å². The number of hydrogen-bond donors (Lipinski definition) is 0. The van der Waals surface area contributed by atoms with E-state index in [0.29, 0.717) is 33.9 Å². The number of aryl methyl sites for hydroxylation is 1. The van der Waals surface area contributed by atoms with E-state index in [9.17, 15) is 12.8 Å². The molecule has 0 spiro atoms. The molecule has 46 heavy (non-hydrogen) atoms. The summed E-state index contributed by atoms with van der Waals surface area (Å²) in [5, 5.41) is 1.73. The highest BCUT2D eigenvalue weighted by atomic mass is 32.2. The number of furan rings is 1. The van der Waals surface area contributed by atoms with Crippen LogP contribution in [0, 0.1) is 5.82 Å². The summed E-state index contributed by atoms with van der Waals surface area (Å²) in [6.45, 7) is 4.04. The predicted molar refractivity (Wildman–Crippen MR) is 186 cm³/mol. The van der Waals surface area contributed by atoms with Crippen LogP contribution in [0.2, 0.25) is 0 Å². The fourth-order valence-electron chi connectivity index (χ4n) is 5.75. The van der Waals surface area contributed by atoms with Crippen molar-refractivity contribution >= 4 is 49.1 Å². The molecule has 0 N–H and O–H groups in total. The zero-order valence-corrected chi connectivity index (χ0v) is 28.1. The van der Waals surface area contributed by atoms with Crippen molar-refractivity contribution in [2.24, 2.45) is 4.99 Å². The molecule has 5 aromatic rings. The van der Waals surface area contributed by atoms with Crippen LogP contribution in [0.3, 0.4) is 0 Å². The Balaban J connectivity index is 1.63. The molecule has 3 aromatic carbocycles. The molecule has 236 valence electrons. The molecular weight excluding hydrogens is 622 g/mol. The molecule has 0 atom stereocenters. The van der Waals surface area contributed by atoms with Gasteiger partial charge in [0, 0.05) is 64.6 Å². The van der Waals surface area contributed by atoms with Crippen LogP contribution in [-0.2, 0) is 16.4 Å². The number of fused-ring (bicyclic) bond motifs is 2. The van der Waals surface area contributed by atoms with Crippen LogP contribution < -0.4 is 9.04 Å². The summed E-state index contributed by atoms with van der Waals surface area (Å²) in [5.74, 6) is 0.752. The first-order valence-electron chi connectivity index (χ1n) is 14.7. The van der Waals surface area contributed by atoms with Crippen LogP contribution >= 0.6 is 11.8 Å². The summed E-state index contributed by atoms with van der Waals surface area (Å²) in [7, 11) is 1.16. The van der Waals surface area contributed by atoms with Crippen LogP contribution in [0.5, 0.6) is 5.75 Å². The van der Waals surface area contributed by atoms with Crippen LogP contribution in [0.25, 0.3) is 38.3 Å². The first-order valence-corrected chi connectivity index (χ1v) is 17.4.